The monoisotopic (exact) mass is 219 g/mol. The average Bonchev–Trinajstić information content (AvgIpc) is 2.26. The van der Waals surface area contributed by atoms with Crippen molar-refractivity contribution in [2.24, 2.45) is 5.73 Å². The minimum atomic E-state index is -0.855. The summed E-state index contributed by atoms with van der Waals surface area (Å²) in [7, 11) is 0. The number of carbonyl (C=O) groups is 1. The van der Waals surface area contributed by atoms with E-state index < -0.39 is 5.97 Å². The molecule has 0 heterocycles. The van der Waals surface area contributed by atoms with Crippen LogP contribution < -0.4 is 5.73 Å². The highest BCUT2D eigenvalue weighted by molar-refractivity contribution is 5.92. The lowest BCUT2D eigenvalue weighted by atomic mass is 10.0. The van der Waals surface area contributed by atoms with Gasteiger partial charge in [-0.05, 0) is 36.6 Å². The van der Waals surface area contributed by atoms with Gasteiger partial charge >= 0.3 is 5.97 Å². The van der Waals surface area contributed by atoms with E-state index in [-0.39, 0.29) is 0 Å². The van der Waals surface area contributed by atoms with Gasteiger partial charge in [-0.15, -0.1) is 0 Å². The Labute approximate surface area is 95.6 Å². The number of carboxylic acid groups (broad SMARTS) is 1. The van der Waals surface area contributed by atoms with E-state index in [4.69, 9.17) is 10.8 Å². The minimum absolute atomic E-state index is 0.421. The molecule has 0 saturated carbocycles. The Kier molecular flexibility index (Phi) is 4.73. The highest BCUT2D eigenvalue weighted by Crippen LogP contribution is 2.12. The normalized spacial score (nSPS) is 11.5. The SMILES string of the molecule is CCC(=Cc1cccc(CCN)c1)C(=O)O. The topological polar surface area (TPSA) is 63.3 Å². The lowest BCUT2D eigenvalue weighted by Gasteiger charge is -2.02. The molecule has 3 N–H and O–H groups in total. The third-order valence-electron chi connectivity index (χ3n) is 2.38. The highest BCUT2D eigenvalue weighted by Gasteiger charge is 2.04. The van der Waals surface area contributed by atoms with Crippen molar-refractivity contribution in [1.29, 1.82) is 0 Å². The third-order valence-corrected chi connectivity index (χ3v) is 2.38. The van der Waals surface area contributed by atoms with Crippen LogP contribution in [0.3, 0.4) is 0 Å². The lowest BCUT2D eigenvalue weighted by Crippen LogP contribution is -2.02. The van der Waals surface area contributed by atoms with Gasteiger partial charge in [-0.3, -0.25) is 0 Å². The number of aliphatic carboxylic acids is 1. The molecule has 3 nitrogen and oxygen atoms in total. The maximum atomic E-state index is 10.9. The number of rotatable bonds is 5. The second-order valence-corrected chi connectivity index (χ2v) is 3.61. The molecule has 1 rings (SSSR count). The summed E-state index contributed by atoms with van der Waals surface area (Å²) in [5, 5.41) is 8.92. The minimum Gasteiger partial charge on any atom is -0.478 e. The zero-order chi connectivity index (χ0) is 12.0. The molecule has 0 radical (unpaired) electrons. The van der Waals surface area contributed by atoms with Crippen molar-refractivity contribution < 1.29 is 9.90 Å². The maximum absolute atomic E-state index is 10.9. The van der Waals surface area contributed by atoms with Gasteiger partial charge in [-0.2, -0.15) is 0 Å². The molecule has 16 heavy (non-hydrogen) atoms. The van der Waals surface area contributed by atoms with E-state index in [2.05, 4.69) is 0 Å². The van der Waals surface area contributed by atoms with E-state index in [1.165, 1.54) is 0 Å². The Hall–Kier alpha value is -1.61. The summed E-state index contributed by atoms with van der Waals surface area (Å²) in [6, 6.07) is 7.80. The Morgan fingerprint density at radius 3 is 2.81 bits per heavy atom. The van der Waals surface area contributed by atoms with Gasteiger partial charge in [0.1, 0.15) is 0 Å². The lowest BCUT2D eigenvalue weighted by molar-refractivity contribution is -0.132. The van der Waals surface area contributed by atoms with Crippen LogP contribution in [0.2, 0.25) is 0 Å². The molecule has 0 spiro atoms. The van der Waals surface area contributed by atoms with Gasteiger partial charge in [-0.25, -0.2) is 4.79 Å². The van der Waals surface area contributed by atoms with Crippen LogP contribution in [0.5, 0.6) is 0 Å². The van der Waals surface area contributed by atoms with Crippen LogP contribution in [0.4, 0.5) is 0 Å². The molecule has 0 aliphatic rings. The highest BCUT2D eigenvalue weighted by atomic mass is 16.4. The first-order valence-corrected chi connectivity index (χ1v) is 5.40. The molecule has 0 aliphatic heterocycles. The van der Waals surface area contributed by atoms with Crippen molar-refractivity contribution in [3.05, 3.63) is 41.0 Å². The number of nitrogens with two attached hydrogens (primary N) is 1. The molecule has 0 fully saturated rings. The van der Waals surface area contributed by atoms with Crippen molar-refractivity contribution in [1.82, 2.24) is 0 Å². The summed E-state index contributed by atoms with van der Waals surface area (Å²) >= 11 is 0. The summed E-state index contributed by atoms with van der Waals surface area (Å²) in [6.45, 7) is 2.44. The van der Waals surface area contributed by atoms with Crippen LogP contribution in [0.15, 0.2) is 29.8 Å². The predicted molar refractivity (Wildman–Crippen MR) is 65.1 cm³/mol. The quantitative estimate of drug-likeness (QED) is 0.745. The van der Waals surface area contributed by atoms with Crippen LogP contribution >= 0.6 is 0 Å². The summed E-state index contributed by atoms with van der Waals surface area (Å²) in [4.78, 5) is 10.9. The van der Waals surface area contributed by atoms with Crippen molar-refractivity contribution in [2.75, 3.05) is 6.54 Å². The number of carboxylic acids is 1. The average molecular weight is 219 g/mol. The number of hydrogen-bond acceptors (Lipinski definition) is 2. The zero-order valence-electron chi connectivity index (χ0n) is 9.44. The Morgan fingerprint density at radius 1 is 1.50 bits per heavy atom. The predicted octanol–water partition coefficient (Wildman–Crippen LogP) is 2.07. The summed E-state index contributed by atoms with van der Waals surface area (Å²) in [5.41, 5.74) is 7.96. The first-order chi connectivity index (χ1) is 7.67. The second kappa shape index (κ2) is 6.08. The van der Waals surface area contributed by atoms with Crippen molar-refractivity contribution in [3.63, 3.8) is 0 Å². The smallest absolute Gasteiger partial charge is 0.331 e. The molecule has 0 bridgehead atoms. The fraction of sp³-hybridized carbons (Fsp3) is 0.308. The summed E-state index contributed by atoms with van der Waals surface area (Å²) < 4.78 is 0. The molecular formula is C13H17NO2. The first kappa shape index (κ1) is 12.5. The van der Waals surface area contributed by atoms with Gasteiger partial charge in [0.2, 0.25) is 0 Å². The molecule has 0 aromatic heterocycles. The summed E-state index contributed by atoms with van der Waals surface area (Å²) in [5.74, 6) is -0.855. The van der Waals surface area contributed by atoms with Crippen LogP contribution in [0.1, 0.15) is 24.5 Å². The largest absolute Gasteiger partial charge is 0.478 e. The molecule has 0 atom stereocenters. The van der Waals surface area contributed by atoms with E-state index in [1.807, 2.05) is 31.2 Å². The molecule has 0 amide bonds. The number of hydrogen-bond donors (Lipinski definition) is 2. The van der Waals surface area contributed by atoms with Crippen molar-refractivity contribution in [3.8, 4) is 0 Å². The van der Waals surface area contributed by atoms with Gasteiger partial charge in [0, 0.05) is 5.57 Å². The second-order valence-electron chi connectivity index (χ2n) is 3.61. The zero-order valence-corrected chi connectivity index (χ0v) is 9.44. The molecular weight excluding hydrogens is 202 g/mol. The molecule has 1 aromatic carbocycles. The van der Waals surface area contributed by atoms with Gasteiger partial charge in [0.25, 0.3) is 0 Å². The Bertz CT molecular complexity index is 397. The van der Waals surface area contributed by atoms with Gasteiger partial charge in [0.05, 0.1) is 0 Å². The maximum Gasteiger partial charge on any atom is 0.331 e. The van der Waals surface area contributed by atoms with Crippen LogP contribution in [-0.4, -0.2) is 17.6 Å². The van der Waals surface area contributed by atoms with E-state index in [9.17, 15) is 4.79 Å². The van der Waals surface area contributed by atoms with Gasteiger partial charge < -0.3 is 10.8 Å². The fourth-order valence-electron chi connectivity index (χ4n) is 1.52. The van der Waals surface area contributed by atoms with Crippen LogP contribution in [0, 0.1) is 0 Å². The van der Waals surface area contributed by atoms with Crippen LogP contribution in [0.25, 0.3) is 6.08 Å². The van der Waals surface area contributed by atoms with E-state index in [1.54, 1.807) is 6.08 Å². The fourth-order valence-corrected chi connectivity index (χ4v) is 1.52. The Balaban J connectivity index is 2.95. The van der Waals surface area contributed by atoms with Gasteiger partial charge in [0.15, 0.2) is 0 Å². The molecule has 0 saturated heterocycles. The van der Waals surface area contributed by atoms with Crippen LogP contribution in [-0.2, 0) is 11.2 Å². The Morgan fingerprint density at radius 2 is 2.25 bits per heavy atom. The number of benzene rings is 1. The third kappa shape index (κ3) is 3.51. The molecule has 0 unspecified atom stereocenters. The van der Waals surface area contributed by atoms with E-state index >= 15 is 0 Å². The standard InChI is InChI=1S/C13H17NO2/c1-2-12(13(15)16)9-11-5-3-4-10(8-11)6-7-14/h3-5,8-9H,2,6-7,14H2,1H3,(H,15,16). The first-order valence-electron chi connectivity index (χ1n) is 5.40. The molecule has 3 heteroatoms. The molecule has 1 aromatic rings. The van der Waals surface area contributed by atoms with Crippen molar-refractivity contribution >= 4 is 12.0 Å². The van der Waals surface area contributed by atoms with Gasteiger partial charge in [-0.1, -0.05) is 31.2 Å². The summed E-state index contributed by atoms with van der Waals surface area (Å²) in [6.07, 6.45) is 3.05. The molecule has 86 valence electrons. The molecule has 0 aliphatic carbocycles. The van der Waals surface area contributed by atoms with E-state index in [0.29, 0.717) is 18.5 Å². The van der Waals surface area contributed by atoms with Crippen molar-refractivity contribution in [2.45, 2.75) is 19.8 Å². The van der Waals surface area contributed by atoms with E-state index in [0.717, 1.165) is 17.5 Å².